The summed E-state index contributed by atoms with van der Waals surface area (Å²) in [6.45, 7) is 6.73. The van der Waals surface area contributed by atoms with Crippen LogP contribution in [-0.4, -0.2) is 69.4 Å². The molecule has 0 aliphatic rings. The number of phosphoric ester groups is 1. The number of unbranched alkanes of at least 4 members (excludes halogenated alkanes) is 24. The van der Waals surface area contributed by atoms with E-state index in [9.17, 15) is 19.0 Å². The molecule has 10 heteroatoms. The van der Waals surface area contributed by atoms with E-state index in [4.69, 9.17) is 13.8 Å². The van der Waals surface area contributed by atoms with Crippen molar-refractivity contribution in [3.05, 3.63) is 72.9 Å². The maximum absolute atomic E-state index is 13.4. The van der Waals surface area contributed by atoms with Gasteiger partial charge in [-0.3, -0.25) is 14.2 Å². The van der Waals surface area contributed by atoms with Crippen LogP contribution in [-0.2, 0) is 27.9 Å². The Morgan fingerprint density at radius 1 is 0.507 bits per heavy atom. The van der Waals surface area contributed by atoms with Gasteiger partial charge in [0.25, 0.3) is 7.82 Å². The van der Waals surface area contributed by atoms with Crippen molar-refractivity contribution in [2.24, 2.45) is 0 Å². The summed E-state index contributed by atoms with van der Waals surface area (Å²) in [5, 5.41) is 3.00. The SMILES string of the molecule is CCCC/C=C\CCCCCCCC(=O)NC(COP(=O)([O-])OCC[N+](C)(C)C)C(/C=C\CCCCCCCCCCC)OC(=O)CCCCCCC/C=C\C/C=C\C/C=C\C/C=C\CCCCC. The van der Waals surface area contributed by atoms with Crippen LogP contribution in [0.5, 0.6) is 0 Å². The molecule has 1 N–H and O–H groups in total. The highest BCUT2D eigenvalue weighted by Gasteiger charge is 2.27. The van der Waals surface area contributed by atoms with Crippen molar-refractivity contribution < 1.29 is 37.3 Å². The number of esters is 1. The van der Waals surface area contributed by atoms with E-state index in [0.29, 0.717) is 23.9 Å². The smallest absolute Gasteiger partial charge is 0.306 e. The van der Waals surface area contributed by atoms with Crippen LogP contribution in [0.1, 0.15) is 239 Å². The zero-order chi connectivity index (χ0) is 50.8. The first-order chi connectivity index (χ1) is 33.4. The van der Waals surface area contributed by atoms with Gasteiger partial charge in [0, 0.05) is 12.8 Å². The van der Waals surface area contributed by atoms with Crippen LogP contribution in [0.2, 0.25) is 0 Å². The van der Waals surface area contributed by atoms with Crippen LogP contribution < -0.4 is 10.2 Å². The van der Waals surface area contributed by atoms with Crippen LogP contribution in [0, 0.1) is 0 Å². The maximum atomic E-state index is 13.4. The fraction of sp³-hybridized carbons (Fsp3) is 0.763. The number of allylic oxidation sites excluding steroid dienone is 11. The van der Waals surface area contributed by atoms with Gasteiger partial charge in [-0.15, -0.1) is 0 Å². The van der Waals surface area contributed by atoms with E-state index in [1.807, 2.05) is 33.3 Å². The second kappa shape index (κ2) is 49.0. The van der Waals surface area contributed by atoms with Crippen LogP contribution in [0.3, 0.4) is 0 Å². The van der Waals surface area contributed by atoms with Crippen molar-refractivity contribution in [1.29, 1.82) is 0 Å². The lowest BCUT2D eigenvalue weighted by atomic mass is 10.1. The molecule has 9 nitrogen and oxygen atoms in total. The minimum absolute atomic E-state index is 0.0297. The lowest BCUT2D eigenvalue weighted by Crippen LogP contribution is -2.47. The molecule has 69 heavy (non-hydrogen) atoms. The fourth-order valence-corrected chi connectivity index (χ4v) is 8.38. The van der Waals surface area contributed by atoms with Crippen LogP contribution in [0.25, 0.3) is 0 Å². The highest BCUT2D eigenvalue weighted by Crippen LogP contribution is 2.38. The number of rotatable bonds is 50. The van der Waals surface area contributed by atoms with Crippen molar-refractivity contribution in [1.82, 2.24) is 5.32 Å². The highest BCUT2D eigenvalue weighted by molar-refractivity contribution is 7.45. The normalized spacial score (nSPS) is 14.4. The molecule has 0 bridgehead atoms. The quantitative estimate of drug-likeness (QED) is 0.0212. The van der Waals surface area contributed by atoms with Crippen LogP contribution in [0.15, 0.2) is 72.9 Å². The second-order valence-electron chi connectivity index (χ2n) is 20.1. The molecule has 0 aromatic carbocycles. The van der Waals surface area contributed by atoms with Gasteiger partial charge in [-0.25, -0.2) is 0 Å². The maximum Gasteiger partial charge on any atom is 0.306 e. The fourth-order valence-electron chi connectivity index (χ4n) is 7.66. The third-order valence-corrected chi connectivity index (χ3v) is 13.1. The van der Waals surface area contributed by atoms with Gasteiger partial charge in [-0.2, -0.15) is 0 Å². The predicted molar refractivity (Wildman–Crippen MR) is 293 cm³/mol. The first kappa shape index (κ1) is 66.5. The molecular weight excluding hydrogens is 880 g/mol. The van der Waals surface area contributed by atoms with Crippen LogP contribution >= 0.6 is 7.82 Å². The van der Waals surface area contributed by atoms with Gasteiger partial charge in [0.15, 0.2) is 0 Å². The molecule has 400 valence electrons. The van der Waals surface area contributed by atoms with E-state index in [2.05, 4.69) is 86.8 Å². The Morgan fingerprint density at radius 3 is 1.41 bits per heavy atom. The third kappa shape index (κ3) is 50.2. The Hall–Kier alpha value is -2.55. The van der Waals surface area contributed by atoms with Gasteiger partial charge in [0.05, 0.1) is 33.8 Å². The molecule has 1 amide bonds. The molecule has 0 rings (SSSR count). The number of amides is 1. The van der Waals surface area contributed by atoms with Gasteiger partial charge >= 0.3 is 5.97 Å². The molecule has 0 aromatic heterocycles. The van der Waals surface area contributed by atoms with E-state index in [1.54, 1.807) is 0 Å². The number of hydrogen-bond donors (Lipinski definition) is 1. The Labute approximate surface area is 425 Å². The Bertz CT molecular complexity index is 1420. The van der Waals surface area contributed by atoms with Crippen molar-refractivity contribution in [2.45, 2.75) is 251 Å². The Morgan fingerprint density at radius 2 is 0.899 bits per heavy atom. The van der Waals surface area contributed by atoms with Crippen molar-refractivity contribution >= 4 is 19.7 Å². The molecular formula is C59H107N2O7P. The standard InChI is InChI=1S/C59H107N2O7P/c1-7-10-13-16-19-22-25-26-27-28-29-30-31-32-33-34-37-40-43-46-49-52-59(63)68-57(50-47-44-41-38-35-23-20-17-14-11-8-2)56(55-67-69(64,65)66-54-53-61(4,5)6)60-58(62)51-48-45-42-39-36-24-21-18-15-12-9-3/h18-19,21-22,26-27,29-30,32-33,47,50,56-57H,7-17,20,23-25,28,31,34-46,48-49,51-55H2,1-6H3,(H-,60,62,64,65)/b21-18-,22-19-,27-26-,30-29-,33-32-,50-47-. The molecule has 0 spiro atoms. The van der Waals surface area contributed by atoms with E-state index < -0.39 is 26.6 Å². The van der Waals surface area contributed by atoms with Gasteiger partial charge in [0.1, 0.15) is 19.3 Å². The second-order valence-corrected chi connectivity index (χ2v) is 21.5. The summed E-state index contributed by atoms with van der Waals surface area (Å²) in [6, 6.07) is -0.901. The molecule has 0 heterocycles. The van der Waals surface area contributed by atoms with Gasteiger partial charge in [-0.05, 0) is 96.0 Å². The summed E-state index contributed by atoms with van der Waals surface area (Å²) in [4.78, 5) is 39.7. The molecule has 0 aliphatic heterocycles. The number of quaternary nitrogens is 1. The Balaban J connectivity index is 5.30. The summed E-state index contributed by atoms with van der Waals surface area (Å²) in [6.07, 6.45) is 61.5. The van der Waals surface area contributed by atoms with Gasteiger partial charge in [-0.1, -0.05) is 203 Å². The Kier molecular flexibility index (Phi) is 47.2. The first-order valence-electron chi connectivity index (χ1n) is 28.2. The van der Waals surface area contributed by atoms with Gasteiger partial charge in [0.2, 0.25) is 5.91 Å². The van der Waals surface area contributed by atoms with Crippen LogP contribution in [0.4, 0.5) is 0 Å². The number of carbonyl (C=O) groups excluding carboxylic acids is 2. The zero-order valence-corrected chi connectivity index (χ0v) is 46.4. The topological polar surface area (TPSA) is 114 Å². The van der Waals surface area contributed by atoms with Crippen molar-refractivity contribution in [2.75, 3.05) is 40.9 Å². The molecule has 0 fully saturated rings. The van der Waals surface area contributed by atoms with E-state index in [1.165, 1.54) is 83.5 Å². The molecule has 0 saturated carbocycles. The molecule has 0 radical (unpaired) electrons. The lowest BCUT2D eigenvalue weighted by molar-refractivity contribution is -0.870. The zero-order valence-electron chi connectivity index (χ0n) is 45.5. The number of likely N-dealkylation sites (N-methyl/N-ethyl adjacent to an activating group) is 1. The number of nitrogens with one attached hydrogen (secondary N) is 1. The van der Waals surface area contributed by atoms with Crippen molar-refractivity contribution in [3.8, 4) is 0 Å². The molecule has 0 aromatic rings. The highest BCUT2D eigenvalue weighted by atomic mass is 31.2. The average Bonchev–Trinajstić information content (AvgIpc) is 3.31. The minimum atomic E-state index is -4.70. The van der Waals surface area contributed by atoms with E-state index in [0.717, 1.165) is 116 Å². The number of hydrogen-bond acceptors (Lipinski definition) is 7. The summed E-state index contributed by atoms with van der Waals surface area (Å²) in [5.74, 6) is -0.577. The van der Waals surface area contributed by atoms with Crippen molar-refractivity contribution in [3.63, 3.8) is 0 Å². The van der Waals surface area contributed by atoms with Gasteiger partial charge < -0.3 is 28.5 Å². The first-order valence-corrected chi connectivity index (χ1v) is 29.7. The largest absolute Gasteiger partial charge is 0.756 e. The minimum Gasteiger partial charge on any atom is -0.756 e. The average molecular weight is 987 g/mol. The monoisotopic (exact) mass is 987 g/mol. The summed E-state index contributed by atoms with van der Waals surface area (Å²) < 4.78 is 30.1. The summed E-state index contributed by atoms with van der Waals surface area (Å²) >= 11 is 0. The number of nitrogens with zero attached hydrogens (tertiary/aromatic N) is 1. The predicted octanol–water partition coefficient (Wildman–Crippen LogP) is 16.3. The molecule has 3 unspecified atom stereocenters. The molecule has 0 aliphatic carbocycles. The lowest BCUT2D eigenvalue weighted by Gasteiger charge is -2.30. The third-order valence-electron chi connectivity index (χ3n) is 12.1. The summed E-state index contributed by atoms with van der Waals surface area (Å²) in [5.41, 5.74) is 0. The molecule has 0 saturated heterocycles. The number of phosphoric acid groups is 1. The summed E-state index contributed by atoms with van der Waals surface area (Å²) in [7, 11) is 1.16. The number of ether oxygens (including phenoxy) is 1. The molecule has 3 atom stereocenters. The van der Waals surface area contributed by atoms with E-state index >= 15 is 0 Å². The van der Waals surface area contributed by atoms with E-state index in [-0.39, 0.29) is 24.9 Å². The number of carbonyl (C=O) groups is 2.